The topological polar surface area (TPSA) is 62.2 Å². The van der Waals surface area contributed by atoms with Crippen molar-refractivity contribution in [3.8, 4) is 5.75 Å². The summed E-state index contributed by atoms with van der Waals surface area (Å²) in [7, 11) is 0. The third kappa shape index (κ3) is 2.17. The lowest BCUT2D eigenvalue weighted by Crippen LogP contribution is -2.12. The summed E-state index contributed by atoms with van der Waals surface area (Å²) in [6, 6.07) is 11.8. The van der Waals surface area contributed by atoms with E-state index in [4.69, 9.17) is 0 Å². The minimum atomic E-state index is -0.297. The highest BCUT2D eigenvalue weighted by atomic mass is 16.3. The molecule has 16 heavy (non-hydrogen) atoms. The van der Waals surface area contributed by atoms with Gasteiger partial charge in [0.05, 0.1) is 0 Å². The largest absolute Gasteiger partial charge is 0.504 e. The Balaban J connectivity index is 2.18. The van der Waals surface area contributed by atoms with Gasteiger partial charge in [-0.05, 0) is 24.3 Å². The molecule has 2 rings (SSSR count). The molecule has 1 amide bonds. The van der Waals surface area contributed by atoms with E-state index in [0.29, 0.717) is 5.56 Å². The van der Waals surface area contributed by atoms with Crippen molar-refractivity contribution in [3.05, 3.63) is 54.2 Å². The van der Waals surface area contributed by atoms with E-state index in [1.54, 1.807) is 30.3 Å². The lowest BCUT2D eigenvalue weighted by molar-refractivity contribution is 0.102. The van der Waals surface area contributed by atoms with Crippen LogP contribution in [0.25, 0.3) is 0 Å². The van der Waals surface area contributed by atoms with Crippen LogP contribution in [-0.4, -0.2) is 16.0 Å². The first-order chi connectivity index (χ1) is 7.77. The molecule has 4 heteroatoms. The Morgan fingerprint density at radius 3 is 2.56 bits per heavy atom. The second-order valence-electron chi connectivity index (χ2n) is 3.19. The van der Waals surface area contributed by atoms with Crippen molar-refractivity contribution >= 4 is 11.7 Å². The van der Waals surface area contributed by atoms with Crippen molar-refractivity contribution in [2.75, 3.05) is 5.32 Å². The first kappa shape index (κ1) is 10.2. The molecule has 0 spiro atoms. The maximum atomic E-state index is 11.7. The Kier molecular flexibility index (Phi) is 2.82. The van der Waals surface area contributed by atoms with Gasteiger partial charge in [0.2, 0.25) is 0 Å². The number of carbonyl (C=O) groups is 1. The van der Waals surface area contributed by atoms with Crippen LogP contribution in [0.4, 0.5) is 5.82 Å². The van der Waals surface area contributed by atoms with Crippen LogP contribution in [0.1, 0.15) is 10.4 Å². The van der Waals surface area contributed by atoms with Crippen LogP contribution in [-0.2, 0) is 0 Å². The fourth-order valence-electron chi connectivity index (χ4n) is 1.26. The number of amides is 1. The monoisotopic (exact) mass is 214 g/mol. The van der Waals surface area contributed by atoms with Crippen molar-refractivity contribution < 1.29 is 9.90 Å². The first-order valence-electron chi connectivity index (χ1n) is 4.78. The van der Waals surface area contributed by atoms with Crippen LogP contribution in [0.5, 0.6) is 5.75 Å². The van der Waals surface area contributed by atoms with Gasteiger partial charge in [0.15, 0.2) is 11.6 Å². The van der Waals surface area contributed by atoms with E-state index < -0.39 is 0 Å². The van der Waals surface area contributed by atoms with E-state index in [1.807, 2.05) is 6.07 Å². The Hall–Kier alpha value is -2.36. The van der Waals surface area contributed by atoms with Gasteiger partial charge < -0.3 is 10.4 Å². The molecule has 0 radical (unpaired) electrons. The smallest absolute Gasteiger partial charge is 0.256 e. The predicted molar refractivity (Wildman–Crippen MR) is 60.3 cm³/mol. The molecule has 0 atom stereocenters. The third-order valence-electron chi connectivity index (χ3n) is 2.05. The Labute approximate surface area is 92.6 Å². The van der Waals surface area contributed by atoms with Crippen LogP contribution in [0.3, 0.4) is 0 Å². The molecule has 0 saturated heterocycles. The normalized spacial score (nSPS) is 9.75. The zero-order valence-corrected chi connectivity index (χ0v) is 8.42. The molecular weight excluding hydrogens is 204 g/mol. The summed E-state index contributed by atoms with van der Waals surface area (Å²) >= 11 is 0. The summed E-state index contributed by atoms with van der Waals surface area (Å²) in [5.74, 6) is -0.183. The van der Waals surface area contributed by atoms with Crippen molar-refractivity contribution in [1.82, 2.24) is 4.98 Å². The summed E-state index contributed by atoms with van der Waals surface area (Å²) < 4.78 is 0. The number of benzene rings is 1. The lowest BCUT2D eigenvalue weighted by Gasteiger charge is -2.05. The van der Waals surface area contributed by atoms with E-state index in [1.165, 1.54) is 12.3 Å². The number of anilines is 1. The molecule has 0 aliphatic carbocycles. The van der Waals surface area contributed by atoms with E-state index in [0.717, 1.165) is 0 Å². The van der Waals surface area contributed by atoms with Crippen molar-refractivity contribution in [1.29, 1.82) is 0 Å². The average Bonchev–Trinajstić information content (AvgIpc) is 2.33. The molecule has 80 valence electrons. The van der Waals surface area contributed by atoms with E-state index >= 15 is 0 Å². The maximum Gasteiger partial charge on any atom is 0.256 e. The molecule has 0 unspecified atom stereocenters. The summed E-state index contributed by atoms with van der Waals surface area (Å²) in [6.07, 6.45) is 1.50. The fraction of sp³-hybridized carbons (Fsp3) is 0. The maximum absolute atomic E-state index is 11.7. The highest BCUT2D eigenvalue weighted by Crippen LogP contribution is 2.18. The molecule has 1 aromatic heterocycles. The predicted octanol–water partition coefficient (Wildman–Crippen LogP) is 2.04. The Morgan fingerprint density at radius 2 is 1.88 bits per heavy atom. The number of nitrogens with zero attached hydrogens (tertiary/aromatic N) is 1. The van der Waals surface area contributed by atoms with Crippen molar-refractivity contribution in [2.24, 2.45) is 0 Å². The number of aromatic hydroxyl groups is 1. The molecule has 0 aliphatic rings. The molecule has 1 heterocycles. The van der Waals surface area contributed by atoms with Gasteiger partial charge in [0.1, 0.15) is 0 Å². The molecule has 0 fully saturated rings. The molecule has 0 bridgehead atoms. The minimum Gasteiger partial charge on any atom is -0.504 e. The van der Waals surface area contributed by atoms with Crippen molar-refractivity contribution in [3.63, 3.8) is 0 Å². The van der Waals surface area contributed by atoms with E-state index in [2.05, 4.69) is 10.3 Å². The van der Waals surface area contributed by atoms with Gasteiger partial charge in [0.25, 0.3) is 5.91 Å². The van der Waals surface area contributed by atoms with Gasteiger partial charge >= 0.3 is 0 Å². The number of nitrogens with one attached hydrogen (secondary N) is 1. The fourth-order valence-corrected chi connectivity index (χ4v) is 1.26. The second-order valence-corrected chi connectivity index (χ2v) is 3.19. The minimum absolute atomic E-state index is 0.0493. The van der Waals surface area contributed by atoms with E-state index in [-0.39, 0.29) is 17.5 Å². The Morgan fingerprint density at radius 1 is 1.12 bits per heavy atom. The van der Waals surface area contributed by atoms with E-state index in [9.17, 15) is 9.90 Å². The summed E-state index contributed by atoms with van der Waals surface area (Å²) in [4.78, 5) is 15.6. The molecule has 2 N–H and O–H groups in total. The van der Waals surface area contributed by atoms with Gasteiger partial charge in [0, 0.05) is 11.8 Å². The summed E-state index contributed by atoms with van der Waals surface area (Å²) in [6.45, 7) is 0. The molecule has 0 aliphatic heterocycles. The number of hydrogen-bond donors (Lipinski definition) is 2. The van der Waals surface area contributed by atoms with Crippen LogP contribution in [0.2, 0.25) is 0 Å². The molecular formula is C12H10N2O2. The van der Waals surface area contributed by atoms with Crippen molar-refractivity contribution in [2.45, 2.75) is 0 Å². The van der Waals surface area contributed by atoms with Gasteiger partial charge in [-0.2, -0.15) is 0 Å². The average molecular weight is 214 g/mol. The molecule has 4 nitrogen and oxygen atoms in total. The zero-order chi connectivity index (χ0) is 11.4. The highest BCUT2D eigenvalue weighted by molar-refractivity contribution is 6.04. The zero-order valence-electron chi connectivity index (χ0n) is 8.42. The highest BCUT2D eigenvalue weighted by Gasteiger charge is 2.08. The van der Waals surface area contributed by atoms with Crippen LogP contribution in [0, 0.1) is 0 Å². The number of pyridine rings is 1. The second kappa shape index (κ2) is 4.44. The summed E-state index contributed by atoms with van der Waals surface area (Å²) in [5, 5.41) is 12.0. The number of rotatable bonds is 2. The Bertz CT molecular complexity index is 497. The molecule has 2 aromatic rings. The first-order valence-corrected chi connectivity index (χ1v) is 4.78. The molecule has 1 aromatic carbocycles. The lowest BCUT2D eigenvalue weighted by atomic mass is 10.2. The van der Waals surface area contributed by atoms with Crippen LogP contribution < -0.4 is 5.32 Å². The van der Waals surface area contributed by atoms with Gasteiger partial charge in [-0.3, -0.25) is 4.79 Å². The molecule has 0 saturated carbocycles. The SMILES string of the molecule is O=C(Nc1ncccc1O)c1ccccc1. The quantitative estimate of drug-likeness (QED) is 0.804. The van der Waals surface area contributed by atoms with Crippen LogP contribution >= 0.6 is 0 Å². The van der Waals surface area contributed by atoms with Gasteiger partial charge in [-0.25, -0.2) is 4.98 Å². The number of hydrogen-bond acceptors (Lipinski definition) is 3. The summed E-state index contributed by atoms with van der Waals surface area (Å²) in [5.41, 5.74) is 0.521. The number of aromatic nitrogens is 1. The standard InChI is InChI=1S/C12H10N2O2/c15-10-7-4-8-13-11(10)14-12(16)9-5-2-1-3-6-9/h1-8,15H,(H,13,14,16). The number of carbonyl (C=O) groups excluding carboxylic acids is 1. The van der Waals surface area contributed by atoms with Crippen LogP contribution in [0.15, 0.2) is 48.7 Å². The third-order valence-corrected chi connectivity index (χ3v) is 2.05. The van der Waals surface area contributed by atoms with Gasteiger partial charge in [-0.15, -0.1) is 0 Å². The van der Waals surface area contributed by atoms with Gasteiger partial charge in [-0.1, -0.05) is 18.2 Å².